The predicted octanol–water partition coefficient (Wildman–Crippen LogP) is 5.98. The molecule has 0 aromatic heterocycles. The molecule has 1 aliphatic heterocycles. The number of carbonyl (C=O) groups excluding carboxylic acids is 1. The van der Waals surface area contributed by atoms with Crippen molar-refractivity contribution in [1.82, 2.24) is 0 Å². The molecule has 3 aromatic carbocycles. The molecule has 0 atom stereocenters. The molecule has 2 aliphatic rings. The zero-order valence-electron chi connectivity index (χ0n) is 18.5. The van der Waals surface area contributed by atoms with Gasteiger partial charge in [-0.15, -0.1) is 0 Å². The third-order valence-electron chi connectivity index (χ3n) is 5.67. The number of amides is 1. The van der Waals surface area contributed by atoms with Gasteiger partial charge in [-0.05, 0) is 93.2 Å². The summed E-state index contributed by atoms with van der Waals surface area (Å²) in [6.07, 6.45) is 0. The van der Waals surface area contributed by atoms with Crippen molar-refractivity contribution >= 4 is 77.9 Å². The van der Waals surface area contributed by atoms with Crippen molar-refractivity contribution in [2.45, 2.75) is 4.90 Å². The number of rotatable bonds is 4. The lowest BCUT2D eigenvalue weighted by Gasteiger charge is -2.18. The Labute approximate surface area is 237 Å². The first-order chi connectivity index (χ1) is 17.5. The van der Waals surface area contributed by atoms with Crippen molar-refractivity contribution in [3.05, 3.63) is 95.7 Å². The average molecular weight is 739 g/mol. The minimum Gasteiger partial charge on any atom is -0.508 e. The van der Waals surface area contributed by atoms with Crippen molar-refractivity contribution in [3.63, 3.8) is 0 Å². The van der Waals surface area contributed by atoms with E-state index >= 15 is 0 Å². The maximum atomic E-state index is 13.6. The normalized spacial score (nSPS) is 11.6. The molecule has 5 rings (SSSR count). The number of benzene rings is 4. The maximum absolute atomic E-state index is 13.6. The van der Waals surface area contributed by atoms with Crippen molar-refractivity contribution in [3.8, 4) is 28.2 Å². The van der Waals surface area contributed by atoms with E-state index in [2.05, 4.69) is 5.32 Å². The summed E-state index contributed by atoms with van der Waals surface area (Å²) in [6, 6.07) is 18.5. The van der Waals surface area contributed by atoms with E-state index in [0.29, 0.717) is 51.8 Å². The number of halogens is 2. The van der Waals surface area contributed by atoms with E-state index in [4.69, 9.17) is 4.42 Å². The number of phenols is 1. The van der Waals surface area contributed by atoms with Crippen molar-refractivity contribution in [2.75, 3.05) is 5.32 Å². The first kappa shape index (κ1) is 25.6. The van der Waals surface area contributed by atoms with Gasteiger partial charge in [-0.25, -0.2) is 0 Å². The fourth-order valence-corrected chi connectivity index (χ4v) is 7.04. The summed E-state index contributed by atoms with van der Waals surface area (Å²) in [5.74, 6) is -0.156. The zero-order valence-corrected chi connectivity index (χ0v) is 23.7. The Balaban J connectivity index is 1.69. The van der Waals surface area contributed by atoms with E-state index in [1.165, 1.54) is 36.4 Å². The molecule has 0 saturated carbocycles. The van der Waals surface area contributed by atoms with Gasteiger partial charge in [-0.1, -0.05) is 18.2 Å². The Kier molecular flexibility index (Phi) is 6.72. The van der Waals surface area contributed by atoms with Gasteiger partial charge in [0.05, 0.1) is 10.6 Å². The van der Waals surface area contributed by atoms with Crippen LogP contribution in [0, 0.1) is 7.14 Å². The lowest BCUT2D eigenvalue weighted by atomic mass is 9.90. The number of phenolic OH excluding ortho intramolecular Hbond substituents is 1. The molecule has 0 unspecified atom stereocenters. The fraction of sp³-hybridized carbons (Fsp3) is 0. The molecule has 1 heterocycles. The second-order valence-corrected chi connectivity index (χ2v) is 11.8. The third-order valence-corrected chi connectivity index (χ3v) is 8.20. The molecule has 8 nitrogen and oxygen atoms in total. The summed E-state index contributed by atoms with van der Waals surface area (Å²) in [7, 11) is -4.41. The number of hydrogen-bond acceptors (Lipinski definition) is 6. The summed E-state index contributed by atoms with van der Waals surface area (Å²) >= 11 is 3.79. The molecule has 3 N–H and O–H groups in total. The zero-order chi connectivity index (χ0) is 26.5. The number of fused-ring (bicyclic) bond motifs is 2. The third kappa shape index (κ3) is 4.95. The first-order valence-corrected chi connectivity index (χ1v) is 14.2. The Morgan fingerprint density at radius 3 is 2.30 bits per heavy atom. The molecule has 11 heteroatoms. The quantitative estimate of drug-likeness (QED) is 0.117. The van der Waals surface area contributed by atoms with Gasteiger partial charge in [0.15, 0.2) is 5.43 Å². The minimum absolute atomic E-state index is 0.0108. The molecular weight excluding hydrogens is 724 g/mol. The van der Waals surface area contributed by atoms with Crippen LogP contribution < -0.4 is 10.7 Å². The Hall–Kier alpha value is -3.01. The molecule has 0 radical (unpaired) electrons. The summed E-state index contributed by atoms with van der Waals surface area (Å²) in [6.45, 7) is 0. The van der Waals surface area contributed by atoms with Crippen LogP contribution in [0.1, 0.15) is 10.4 Å². The van der Waals surface area contributed by atoms with Crippen molar-refractivity contribution < 1.29 is 27.3 Å². The van der Waals surface area contributed by atoms with E-state index in [0.717, 1.165) is 0 Å². The summed E-state index contributed by atoms with van der Waals surface area (Å²) in [4.78, 5) is 25.3. The van der Waals surface area contributed by atoms with E-state index in [1.54, 1.807) is 36.4 Å². The molecule has 0 fully saturated rings. The largest absolute Gasteiger partial charge is 0.508 e. The fourth-order valence-electron chi connectivity index (χ4n) is 4.05. The maximum Gasteiger partial charge on any atom is 0.294 e. The second-order valence-electron chi connectivity index (χ2n) is 8.05. The standard InChI is InChI=1S/C26H15I2NO7S/c27-20-11-15(37(33,34)35)12-21(28)25(20)29-26(32)17-4-2-1-3-16(17)24-18-7-5-13(30)9-22(18)36-23-10-14(31)6-8-19(23)24/h1-12,30H,(H,29,32)(H,33,34,35). The van der Waals surface area contributed by atoms with E-state index in [9.17, 15) is 27.7 Å². The van der Waals surface area contributed by atoms with Gasteiger partial charge in [-0.2, -0.15) is 8.42 Å². The van der Waals surface area contributed by atoms with Crippen molar-refractivity contribution in [2.24, 2.45) is 0 Å². The SMILES string of the molecule is O=C(Nc1c(I)cc(S(=O)(=O)O)cc1I)c1ccccc1-c1c2ccc(=O)cc-2oc2cc(O)ccc12. The highest BCUT2D eigenvalue weighted by Gasteiger charge is 2.23. The van der Waals surface area contributed by atoms with Crippen LogP contribution in [0.5, 0.6) is 5.75 Å². The predicted molar refractivity (Wildman–Crippen MR) is 156 cm³/mol. The number of aromatic hydroxyl groups is 1. The second kappa shape index (κ2) is 9.70. The number of anilines is 1. The number of nitrogens with one attached hydrogen (secondary N) is 1. The molecule has 0 spiro atoms. The van der Waals surface area contributed by atoms with Gasteiger partial charge in [0, 0.05) is 41.3 Å². The topological polar surface area (TPSA) is 134 Å². The van der Waals surface area contributed by atoms with Crippen LogP contribution in [0.2, 0.25) is 0 Å². The Bertz CT molecular complexity index is 1840. The van der Waals surface area contributed by atoms with Gasteiger partial charge in [0.2, 0.25) is 0 Å². The Morgan fingerprint density at radius 1 is 0.892 bits per heavy atom. The van der Waals surface area contributed by atoms with Crippen LogP contribution in [-0.2, 0) is 10.1 Å². The molecule has 186 valence electrons. The van der Waals surface area contributed by atoms with Crippen LogP contribution in [0.15, 0.2) is 86.9 Å². The highest BCUT2D eigenvalue weighted by atomic mass is 127. The molecule has 37 heavy (non-hydrogen) atoms. The van der Waals surface area contributed by atoms with Gasteiger partial charge < -0.3 is 14.8 Å². The molecule has 0 saturated heterocycles. The first-order valence-electron chi connectivity index (χ1n) is 10.6. The lowest BCUT2D eigenvalue weighted by molar-refractivity contribution is 0.102. The molecule has 1 aliphatic carbocycles. The van der Waals surface area contributed by atoms with Gasteiger partial charge >= 0.3 is 0 Å². The van der Waals surface area contributed by atoms with Crippen LogP contribution in [0.4, 0.5) is 5.69 Å². The molecule has 1 amide bonds. The van der Waals surface area contributed by atoms with Gasteiger partial charge in [0.25, 0.3) is 16.0 Å². The van der Waals surface area contributed by atoms with Crippen LogP contribution in [0.3, 0.4) is 0 Å². The number of hydrogen-bond donors (Lipinski definition) is 3. The summed E-state index contributed by atoms with van der Waals surface area (Å²) < 4.78 is 39.3. The van der Waals surface area contributed by atoms with Crippen LogP contribution >= 0.6 is 45.2 Å². The summed E-state index contributed by atoms with van der Waals surface area (Å²) in [5.41, 5.74) is 2.63. The monoisotopic (exact) mass is 739 g/mol. The van der Waals surface area contributed by atoms with E-state index in [1.807, 2.05) is 45.2 Å². The highest BCUT2D eigenvalue weighted by Crippen LogP contribution is 2.42. The highest BCUT2D eigenvalue weighted by molar-refractivity contribution is 14.1. The van der Waals surface area contributed by atoms with Gasteiger partial charge in [-0.3, -0.25) is 14.1 Å². The molecule has 3 aromatic rings. The lowest BCUT2D eigenvalue weighted by Crippen LogP contribution is -2.16. The smallest absolute Gasteiger partial charge is 0.294 e. The minimum atomic E-state index is -4.41. The van der Waals surface area contributed by atoms with Crippen LogP contribution in [-0.4, -0.2) is 24.0 Å². The molecule has 0 bridgehead atoms. The van der Waals surface area contributed by atoms with Gasteiger partial charge in [0.1, 0.15) is 17.1 Å². The number of carbonyl (C=O) groups is 1. The average Bonchev–Trinajstić information content (AvgIpc) is 2.83. The van der Waals surface area contributed by atoms with E-state index in [-0.39, 0.29) is 16.1 Å². The van der Waals surface area contributed by atoms with Crippen LogP contribution in [0.25, 0.3) is 33.4 Å². The van der Waals surface area contributed by atoms with E-state index < -0.39 is 16.0 Å². The Morgan fingerprint density at radius 2 is 1.59 bits per heavy atom. The molecular formula is C26H15I2NO7S. The van der Waals surface area contributed by atoms with Crippen molar-refractivity contribution in [1.29, 1.82) is 0 Å². The summed E-state index contributed by atoms with van der Waals surface area (Å²) in [5, 5.41) is 13.5.